The van der Waals surface area contributed by atoms with Crippen molar-refractivity contribution in [2.24, 2.45) is 0 Å². The Hall–Kier alpha value is -1.55. The first-order chi connectivity index (χ1) is 12.8. The second-order valence-corrected chi connectivity index (χ2v) is 9.71. The molecule has 1 fully saturated rings. The standard InChI is InChI=1S/C18H25N3O4S2/c1-13-4-5-15(10-14(13)2)17-19-21(18(26)25-17)12-20(7-8-24-3)16-6-9-27(22,23)11-16/h4-5,10,16H,6-9,11-12H2,1-3H3/p+1/t16-/m0/s1. The van der Waals surface area contributed by atoms with Crippen molar-refractivity contribution in [1.29, 1.82) is 0 Å². The minimum Gasteiger partial charge on any atom is -0.409 e. The SMILES string of the molecule is COCC[NH+](Cn1nc(-c2ccc(C)c(C)c2)oc1=S)[C@H]1CCS(=O)(=O)C1. The summed E-state index contributed by atoms with van der Waals surface area (Å²) in [6, 6.07) is 6.04. The van der Waals surface area contributed by atoms with Crippen LogP contribution in [-0.2, 0) is 21.2 Å². The Morgan fingerprint density at radius 3 is 2.78 bits per heavy atom. The van der Waals surface area contributed by atoms with Gasteiger partial charge in [-0.15, -0.1) is 5.10 Å². The van der Waals surface area contributed by atoms with E-state index < -0.39 is 9.84 Å². The molecular formula is C18H26N3O4S2+. The van der Waals surface area contributed by atoms with Gasteiger partial charge in [0.25, 0.3) is 4.84 Å². The lowest BCUT2D eigenvalue weighted by Crippen LogP contribution is -3.16. The number of rotatable bonds is 7. The number of sulfone groups is 1. The van der Waals surface area contributed by atoms with Crippen LogP contribution < -0.4 is 4.90 Å². The predicted octanol–water partition coefficient (Wildman–Crippen LogP) is 1.17. The van der Waals surface area contributed by atoms with Crippen molar-refractivity contribution < 1.29 is 22.5 Å². The molecule has 1 saturated heterocycles. The predicted molar refractivity (Wildman–Crippen MR) is 105 cm³/mol. The third-order valence-electron chi connectivity index (χ3n) is 5.15. The van der Waals surface area contributed by atoms with E-state index in [9.17, 15) is 8.42 Å². The molecule has 7 nitrogen and oxygen atoms in total. The lowest BCUT2D eigenvalue weighted by molar-refractivity contribution is -0.945. The monoisotopic (exact) mass is 412 g/mol. The molecule has 9 heteroatoms. The minimum atomic E-state index is -2.96. The molecule has 1 aliphatic rings. The van der Waals surface area contributed by atoms with Crippen LogP contribution in [0.2, 0.25) is 0 Å². The maximum absolute atomic E-state index is 11.9. The van der Waals surface area contributed by atoms with Crippen molar-refractivity contribution in [2.45, 2.75) is 33.0 Å². The van der Waals surface area contributed by atoms with Crippen LogP contribution in [0.3, 0.4) is 0 Å². The van der Waals surface area contributed by atoms with Gasteiger partial charge >= 0.3 is 0 Å². The molecule has 1 aromatic heterocycles. The fourth-order valence-corrected chi connectivity index (χ4v) is 5.36. The van der Waals surface area contributed by atoms with Gasteiger partial charge in [0.2, 0.25) is 5.89 Å². The molecule has 1 unspecified atom stereocenters. The van der Waals surface area contributed by atoms with Crippen LogP contribution in [0.25, 0.3) is 11.5 Å². The highest BCUT2D eigenvalue weighted by molar-refractivity contribution is 7.91. The molecule has 0 saturated carbocycles. The van der Waals surface area contributed by atoms with Gasteiger partial charge < -0.3 is 14.1 Å². The number of nitrogens with zero attached hydrogens (tertiary/aromatic N) is 2. The smallest absolute Gasteiger partial charge is 0.292 e. The van der Waals surface area contributed by atoms with E-state index in [4.69, 9.17) is 21.4 Å². The van der Waals surface area contributed by atoms with Gasteiger partial charge in [-0.2, -0.15) is 4.68 Å². The van der Waals surface area contributed by atoms with E-state index >= 15 is 0 Å². The van der Waals surface area contributed by atoms with Crippen molar-refractivity contribution in [1.82, 2.24) is 9.78 Å². The molecule has 2 aromatic rings. The Balaban J connectivity index is 1.82. The summed E-state index contributed by atoms with van der Waals surface area (Å²) in [6.07, 6.45) is 0.649. The molecule has 0 radical (unpaired) electrons. The van der Waals surface area contributed by atoms with Gasteiger partial charge in [0.05, 0.1) is 12.4 Å². The summed E-state index contributed by atoms with van der Waals surface area (Å²) in [4.78, 5) is 1.38. The first-order valence-corrected chi connectivity index (χ1v) is 11.2. The maximum Gasteiger partial charge on any atom is 0.292 e. The highest BCUT2D eigenvalue weighted by Crippen LogP contribution is 2.20. The molecule has 0 amide bonds. The molecule has 0 spiro atoms. The molecular weight excluding hydrogens is 386 g/mol. The second kappa shape index (κ2) is 8.22. The summed E-state index contributed by atoms with van der Waals surface area (Å²) in [7, 11) is -1.31. The zero-order chi connectivity index (χ0) is 19.6. The fourth-order valence-electron chi connectivity index (χ4n) is 3.35. The summed E-state index contributed by atoms with van der Waals surface area (Å²) in [5.74, 6) is 0.918. The quantitative estimate of drug-likeness (QED) is 0.688. The van der Waals surface area contributed by atoms with E-state index in [0.29, 0.717) is 37.0 Å². The van der Waals surface area contributed by atoms with E-state index in [1.54, 1.807) is 11.8 Å². The number of quaternary nitrogens is 1. The molecule has 3 rings (SSSR count). The number of methoxy groups -OCH3 is 1. The Kier molecular flexibility index (Phi) is 6.15. The summed E-state index contributed by atoms with van der Waals surface area (Å²) in [5, 5.41) is 4.54. The van der Waals surface area contributed by atoms with Gasteiger partial charge in [-0.25, -0.2) is 8.42 Å². The highest BCUT2D eigenvalue weighted by Gasteiger charge is 2.35. The van der Waals surface area contributed by atoms with Gasteiger partial charge in [0.15, 0.2) is 16.5 Å². The van der Waals surface area contributed by atoms with Crippen molar-refractivity contribution in [2.75, 3.05) is 31.8 Å². The molecule has 27 heavy (non-hydrogen) atoms. The normalized spacial score (nSPS) is 20.0. The maximum atomic E-state index is 11.9. The Morgan fingerprint density at radius 1 is 1.37 bits per heavy atom. The molecule has 1 N–H and O–H groups in total. The van der Waals surface area contributed by atoms with E-state index in [-0.39, 0.29) is 17.5 Å². The minimum absolute atomic E-state index is 0.0221. The average molecular weight is 413 g/mol. The van der Waals surface area contributed by atoms with Crippen molar-refractivity contribution >= 4 is 22.1 Å². The number of benzene rings is 1. The summed E-state index contributed by atoms with van der Waals surface area (Å²) in [6.45, 7) is 5.78. The molecule has 148 valence electrons. The summed E-state index contributed by atoms with van der Waals surface area (Å²) in [5.41, 5.74) is 3.24. The topological polar surface area (TPSA) is 78.8 Å². The zero-order valence-electron chi connectivity index (χ0n) is 15.9. The van der Waals surface area contributed by atoms with Gasteiger partial charge in [0, 0.05) is 19.1 Å². The lowest BCUT2D eigenvalue weighted by Gasteiger charge is -2.24. The van der Waals surface area contributed by atoms with Crippen LogP contribution in [0.15, 0.2) is 22.6 Å². The van der Waals surface area contributed by atoms with Gasteiger partial charge in [0.1, 0.15) is 18.3 Å². The van der Waals surface area contributed by atoms with Gasteiger partial charge in [-0.3, -0.25) is 0 Å². The van der Waals surface area contributed by atoms with Gasteiger partial charge in [-0.05, 0) is 49.3 Å². The Morgan fingerprint density at radius 2 is 2.15 bits per heavy atom. The Labute approximate surface area is 164 Å². The number of ether oxygens (including phenoxy) is 1. The molecule has 0 bridgehead atoms. The second-order valence-electron chi connectivity index (χ2n) is 7.13. The summed E-state index contributed by atoms with van der Waals surface area (Å²) >= 11 is 5.35. The van der Waals surface area contributed by atoms with E-state index in [1.807, 2.05) is 25.1 Å². The van der Waals surface area contributed by atoms with Crippen LogP contribution in [0.5, 0.6) is 0 Å². The van der Waals surface area contributed by atoms with Crippen LogP contribution in [-0.4, -0.2) is 56.0 Å². The molecule has 1 aliphatic heterocycles. The van der Waals surface area contributed by atoms with E-state index in [2.05, 4.69) is 12.0 Å². The molecule has 0 aliphatic carbocycles. The van der Waals surface area contributed by atoms with Crippen molar-refractivity contribution in [3.63, 3.8) is 0 Å². The zero-order valence-corrected chi connectivity index (χ0v) is 17.5. The number of hydrogen-bond acceptors (Lipinski definition) is 6. The third-order valence-corrected chi connectivity index (χ3v) is 7.21. The molecule has 1 aromatic carbocycles. The summed E-state index contributed by atoms with van der Waals surface area (Å²) < 4.78 is 36.3. The lowest BCUT2D eigenvalue weighted by atomic mass is 10.1. The highest BCUT2D eigenvalue weighted by atomic mass is 32.2. The average Bonchev–Trinajstić information content (AvgIpc) is 3.16. The molecule has 2 atom stereocenters. The van der Waals surface area contributed by atoms with Crippen LogP contribution in [0.1, 0.15) is 17.5 Å². The van der Waals surface area contributed by atoms with Crippen LogP contribution in [0.4, 0.5) is 0 Å². The fraction of sp³-hybridized carbons (Fsp3) is 0.556. The number of aromatic nitrogens is 2. The first-order valence-electron chi connectivity index (χ1n) is 8.98. The van der Waals surface area contributed by atoms with E-state index in [1.165, 1.54) is 5.56 Å². The van der Waals surface area contributed by atoms with Crippen LogP contribution >= 0.6 is 12.2 Å². The van der Waals surface area contributed by atoms with Crippen LogP contribution in [0, 0.1) is 18.7 Å². The number of hydrogen-bond donors (Lipinski definition) is 1. The van der Waals surface area contributed by atoms with Crippen molar-refractivity contribution in [3.8, 4) is 11.5 Å². The van der Waals surface area contributed by atoms with E-state index in [0.717, 1.165) is 16.0 Å². The number of aryl methyl sites for hydroxylation is 2. The number of nitrogens with one attached hydrogen (secondary N) is 1. The first kappa shape index (κ1) is 20.2. The largest absolute Gasteiger partial charge is 0.409 e. The molecule has 2 heterocycles. The van der Waals surface area contributed by atoms with Crippen molar-refractivity contribution in [3.05, 3.63) is 34.2 Å². The third kappa shape index (κ3) is 4.84. The van der Waals surface area contributed by atoms with Gasteiger partial charge in [-0.1, -0.05) is 6.07 Å². The Bertz CT molecular complexity index is 965.